The van der Waals surface area contributed by atoms with E-state index in [0.29, 0.717) is 22.3 Å². The van der Waals surface area contributed by atoms with Crippen LogP contribution in [0.3, 0.4) is 0 Å². The van der Waals surface area contributed by atoms with Gasteiger partial charge in [-0.25, -0.2) is 4.39 Å². The maximum Gasteiger partial charge on any atom is 0.254 e. The molecular weight excluding hydrogens is 333 g/mol. The van der Waals surface area contributed by atoms with Crippen molar-refractivity contribution in [2.45, 2.75) is 12.8 Å². The molecule has 2 aromatic carbocycles. The topological polar surface area (TPSA) is 20.3 Å². The van der Waals surface area contributed by atoms with Crippen molar-refractivity contribution in [3.8, 4) is 0 Å². The van der Waals surface area contributed by atoms with Crippen molar-refractivity contribution in [3.63, 3.8) is 0 Å². The lowest BCUT2D eigenvalue weighted by Gasteiger charge is -2.31. The highest BCUT2D eigenvalue weighted by molar-refractivity contribution is 9.09. The first kappa shape index (κ1) is 14.5. The van der Waals surface area contributed by atoms with E-state index < -0.39 is 0 Å². The number of rotatable bonds is 2. The Kier molecular flexibility index (Phi) is 4.24. The number of halogens is 2. The van der Waals surface area contributed by atoms with Crippen molar-refractivity contribution in [2.24, 2.45) is 5.92 Å². The Morgan fingerprint density at radius 3 is 2.48 bits per heavy atom. The largest absolute Gasteiger partial charge is 0.339 e. The predicted octanol–water partition coefficient (Wildman–Crippen LogP) is 4.23. The van der Waals surface area contributed by atoms with E-state index >= 15 is 0 Å². The van der Waals surface area contributed by atoms with Gasteiger partial charge in [0.25, 0.3) is 5.91 Å². The van der Waals surface area contributed by atoms with Crippen LogP contribution >= 0.6 is 15.9 Å². The predicted molar refractivity (Wildman–Crippen MR) is 86.3 cm³/mol. The summed E-state index contributed by atoms with van der Waals surface area (Å²) in [5, 5.41) is 2.21. The molecule has 0 unspecified atom stereocenters. The number of nitrogens with zero attached hydrogens (tertiary/aromatic N) is 1. The Labute approximate surface area is 132 Å². The third-order valence-electron chi connectivity index (χ3n) is 4.22. The average molecular weight is 350 g/mol. The molecule has 1 aliphatic rings. The van der Waals surface area contributed by atoms with Gasteiger partial charge in [-0.2, -0.15) is 0 Å². The molecule has 3 rings (SSSR count). The molecule has 2 nitrogen and oxygen atoms in total. The van der Waals surface area contributed by atoms with Crippen molar-refractivity contribution in [1.82, 2.24) is 4.90 Å². The third kappa shape index (κ3) is 2.82. The molecule has 2 aromatic rings. The molecule has 110 valence electrons. The van der Waals surface area contributed by atoms with Crippen LogP contribution in [0.1, 0.15) is 23.2 Å². The van der Waals surface area contributed by atoms with Gasteiger partial charge in [0.1, 0.15) is 5.82 Å². The summed E-state index contributed by atoms with van der Waals surface area (Å²) in [5.41, 5.74) is 0.601. The molecule has 0 aliphatic carbocycles. The van der Waals surface area contributed by atoms with E-state index in [1.807, 2.05) is 17.0 Å². The molecule has 1 amide bonds. The van der Waals surface area contributed by atoms with Gasteiger partial charge in [-0.05, 0) is 36.3 Å². The van der Waals surface area contributed by atoms with Crippen LogP contribution in [0.25, 0.3) is 10.8 Å². The first-order valence-electron chi connectivity index (χ1n) is 7.23. The summed E-state index contributed by atoms with van der Waals surface area (Å²) in [7, 11) is 0. The number of hydrogen-bond donors (Lipinski definition) is 0. The molecule has 1 saturated heterocycles. The second-order valence-electron chi connectivity index (χ2n) is 5.53. The van der Waals surface area contributed by atoms with Crippen molar-refractivity contribution in [3.05, 3.63) is 47.8 Å². The van der Waals surface area contributed by atoms with Gasteiger partial charge < -0.3 is 4.90 Å². The van der Waals surface area contributed by atoms with Gasteiger partial charge in [0.2, 0.25) is 0 Å². The fourth-order valence-electron chi connectivity index (χ4n) is 2.91. The van der Waals surface area contributed by atoms with Gasteiger partial charge >= 0.3 is 0 Å². The molecule has 0 atom stereocenters. The Hall–Kier alpha value is -1.42. The molecule has 0 bridgehead atoms. The Morgan fingerprint density at radius 1 is 1.14 bits per heavy atom. The summed E-state index contributed by atoms with van der Waals surface area (Å²) < 4.78 is 13.8. The van der Waals surface area contributed by atoms with Gasteiger partial charge in [0, 0.05) is 29.4 Å². The summed E-state index contributed by atoms with van der Waals surface area (Å²) in [5.74, 6) is 0.387. The highest BCUT2D eigenvalue weighted by atomic mass is 79.9. The number of hydrogen-bond acceptors (Lipinski definition) is 1. The van der Waals surface area contributed by atoms with E-state index in [-0.39, 0.29) is 11.7 Å². The van der Waals surface area contributed by atoms with E-state index in [1.165, 1.54) is 6.07 Å². The highest BCUT2D eigenvalue weighted by Gasteiger charge is 2.24. The normalized spacial score (nSPS) is 16.4. The second-order valence-corrected chi connectivity index (χ2v) is 6.18. The molecule has 4 heteroatoms. The van der Waals surface area contributed by atoms with E-state index in [0.717, 1.165) is 31.3 Å². The Morgan fingerprint density at radius 2 is 1.81 bits per heavy atom. The molecule has 1 fully saturated rings. The maximum atomic E-state index is 13.8. The van der Waals surface area contributed by atoms with Crippen molar-refractivity contribution >= 4 is 32.6 Å². The molecule has 0 aromatic heterocycles. The van der Waals surface area contributed by atoms with Gasteiger partial charge in [0.05, 0.1) is 0 Å². The molecule has 1 heterocycles. The summed E-state index contributed by atoms with van der Waals surface area (Å²) in [6.45, 7) is 1.56. The number of amides is 1. The number of piperidine rings is 1. The smallest absolute Gasteiger partial charge is 0.254 e. The standard InChI is InChI=1S/C17H17BrFNO/c18-11-12-7-9-20(10-8-12)17(21)15-5-6-16(19)14-4-2-1-3-13(14)15/h1-6,12H,7-11H2. The summed E-state index contributed by atoms with van der Waals surface area (Å²) in [6.07, 6.45) is 2.05. The lowest BCUT2D eigenvalue weighted by atomic mass is 9.97. The SMILES string of the molecule is O=C(c1ccc(F)c2ccccc12)N1CCC(CBr)CC1. The molecule has 1 aliphatic heterocycles. The van der Waals surface area contributed by atoms with E-state index in [4.69, 9.17) is 0 Å². The van der Waals surface area contributed by atoms with Gasteiger partial charge in [0.15, 0.2) is 0 Å². The quantitative estimate of drug-likeness (QED) is 0.743. The number of fused-ring (bicyclic) bond motifs is 1. The number of likely N-dealkylation sites (tertiary alicyclic amines) is 1. The minimum absolute atomic E-state index is 0.0132. The Balaban J connectivity index is 1.90. The van der Waals surface area contributed by atoms with Crippen LogP contribution < -0.4 is 0 Å². The van der Waals surface area contributed by atoms with Crippen LogP contribution in [-0.2, 0) is 0 Å². The fourth-order valence-corrected chi connectivity index (χ4v) is 3.56. The van der Waals surface area contributed by atoms with E-state index in [1.54, 1.807) is 18.2 Å². The first-order valence-corrected chi connectivity index (χ1v) is 8.35. The van der Waals surface area contributed by atoms with Crippen LogP contribution in [0.2, 0.25) is 0 Å². The summed E-state index contributed by atoms with van der Waals surface area (Å²) in [6, 6.07) is 10.2. The molecular formula is C17H17BrFNO. The Bertz CT molecular complexity index is 665. The van der Waals surface area contributed by atoms with Crippen molar-refractivity contribution in [2.75, 3.05) is 18.4 Å². The van der Waals surface area contributed by atoms with Crippen molar-refractivity contribution in [1.29, 1.82) is 0 Å². The maximum absolute atomic E-state index is 13.8. The molecule has 0 spiro atoms. The average Bonchev–Trinajstić information content (AvgIpc) is 2.55. The zero-order valence-corrected chi connectivity index (χ0v) is 13.3. The monoisotopic (exact) mass is 349 g/mol. The fraction of sp³-hybridized carbons (Fsp3) is 0.353. The molecule has 0 saturated carbocycles. The van der Waals surface area contributed by atoms with Crippen LogP contribution in [0.4, 0.5) is 4.39 Å². The zero-order valence-electron chi connectivity index (χ0n) is 11.7. The number of carbonyl (C=O) groups excluding carboxylic acids is 1. The van der Waals surface area contributed by atoms with E-state index in [9.17, 15) is 9.18 Å². The van der Waals surface area contributed by atoms with Crippen LogP contribution in [0, 0.1) is 11.7 Å². The number of benzene rings is 2. The number of carbonyl (C=O) groups is 1. The minimum atomic E-state index is -0.278. The van der Waals surface area contributed by atoms with Gasteiger partial charge in [-0.1, -0.05) is 40.2 Å². The van der Waals surface area contributed by atoms with E-state index in [2.05, 4.69) is 15.9 Å². The lowest BCUT2D eigenvalue weighted by Crippen LogP contribution is -2.38. The van der Waals surface area contributed by atoms with Crippen LogP contribution in [0.5, 0.6) is 0 Å². The van der Waals surface area contributed by atoms with Crippen molar-refractivity contribution < 1.29 is 9.18 Å². The molecule has 0 N–H and O–H groups in total. The summed E-state index contributed by atoms with van der Waals surface area (Å²) in [4.78, 5) is 14.6. The molecule has 21 heavy (non-hydrogen) atoms. The summed E-state index contributed by atoms with van der Waals surface area (Å²) >= 11 is 3.51. The van der Waals surface area contributed by atoms with Gasteiger partial charge in [-0.15, -0.1) is 0 Å². The third-order valence-corrected chi connectivity index (χ3v) is 5.14. The van der Waals surface area contributed by atoms with Crippen LogP contribution in [0.15, 0.2) is 36.4 Å². The lowest BCUT2D eigenvalue weighted by molar-refractivity contribution is 0.0701. The number of alkyl halides is 1. The zero-order chi connectivity index (χ0) is 14.8. The minimum Gasteiger partial charge on any atom is -0.339 e. The highest BCUT2D eigenvalue weighted by Crippen LogP contribution is 2.25. The second kappa shape index (κ2) is 6.14. The van der Waals surface area contributed by atoms with Crippen LogP contribution in [-0.4, -0.2) is 29.2 Å². The first-order chi connectivity index (χ1) is 10.2. The van der Waals surface area contributed by atoms with Gasteiger partial charge in [-0.3, -0.25) is 4.79 Å². The molecule has 0 radical (unpaired) electrons.